The van der Waals surface area contributed by atoms with Gasteiger partial charge in [-0.15, -0.1) is 0 Å². The van der Waals surface area contributed by atoms with Crippen LogP contribution < -0.4 is 0 Å². The highest BCUT2D eigenvalue weighted by Crippen LogP contribution is 2.21. The molecular formula is C22H41NO2. The number of ether oxygens (including phenoxy) is 1. The molecule has 0 aliphatic carbocycles. The molecule has 0 aromatic heterocycles. The van der Waals surface area contributed by atoms with E-state index in [0.717, 1.165) is 12.8 Å². The lowest BCUT2D eigenvalue weighted by Gasteiger charge is -2.05. The molecule has 0 radical (unpaired) electrons. The molecule has 0 N–H and O–H groups in total. The smallest absolute Gasteiger partial charge is 0.340 e. The van der Waals surface area contributed by atoms with Crippen LogP contribution in [0.4, 0.5) is 0 Å². The van der Waals surface area contributed by atoms with Crippen molar-refractivity contribution in [1.82, 2.24) is 0 Å². The topological polar surface area (TPSA) is 38.7 Å². The predicted molar refractivity (Wildman–Crippen MR) is 107 cm³/mol. The molecule has 0 bridgehead atoms. The van der Waals surface area contributed by atoms with Crippen molar-refractivity contribution in [2.75, 3.05) is 0 Å². The average Bonchev–Trinajstić information content (AvgIpc) is 2.83. The first-order valence-corrected chi connectivity index (χ1v) is 10.9. The number of rotatable bonds is 16. The Labute approximate surface area is 156 Å². The molecule has 1 heterocycles. The van der Waals surface area contributed by atoms with Crippen molar-refractivity contribution in [3.05, 3.63) is 0 Å². The Kier molecular flexibility index (Phi) is 11.9. The maximum Gasteiger partial charge on any atom is 0.340 e. The molecule has 0 aromatic carbocycles. The van der Waals surface area contributed by atoms with Crippen molar-refractivity contribution in [3.8, 4) is 0 Å². The second-order valence-electron chi connectivity index (χ2n) is 8.15. The highest BCUT2D eigenvalue weighted by Gasteiger charge is 2.36. The van der Waals surface area contributed by atoms with E-state index in [1.807, 2.05) is 13.8 Å². The molecule has 1 aliphatic heterocycles. The molecule has 0 aromatic rings. The number of esters is 1. The normalized spacial score (nSPS) is 16.1. The van der Waals surface area contributed by atoms with E-state index in [0.29, 0.717) is 5.90 Å². The van der Waals surface area contributed by atoms with E-state index in [2.05, 4.69) is 11.9 Å². The van der Waals surface area contributed by atoms with Crippen molar-refractivity contribution in [1.29, 1.82) is 0 Å². The van der Waals surface area contributed by atoms with Crippen LogP contribution in [0.5, 0.6) is 0 Å². The maximum atomic E-state index is 11.5. The summed E-state index contributed by atoms with van der Waals surface area (Å²) in [6.07, 6.45) is 21.3. The zero-order valence-corrected chi connectivity index (χ0v) is 17.1. The lowest BCUT2D eigenvalue weighted by atomic mass is 10.0. The molecule has 0 atom stereocenters. The average molecular weight is 352 g/mol. The van der Waals surface area contributed by atoms with Gasteiger partial charge in [0.15, 0.2) is 11.4 Å². The molecule has 0 saturated carbocycles. The fraction of sp³-hybridized carbons (Fsp3) is 0.909. The van der Waals surface area contributed by atoms with Crippen molar-refractivity contribution in [3.63, 3.8) is 0 Å². The lowest BCUT2D eigenvalue weighted by Crippen LogP contribution is -2.25. The van der Waals surface area contributed by atoms with Crippen molar-refractivity contribution >= 4 is 11.9 Å². The summed E-state index contributed by atoms with van der Waals surface area (Å²) >= 11 is 0. The Balaban J connectivity index is 1.79. The number of hydrogen-bond acceptors (Lipinski definition) is 3. The molecular weight excluding hydrogens is 310 g/mol. The third-order valence-electron chi connectivity index (χ3n) is 5.11. The SMILES string of the molecule is CCCCCCCCCCCCCCCCCC1=NC(C)(C)C(=O)O1. The largest absolute Gasteiger partial charge is 0.410 e. The molecule has 25 heavy (non-hydrogen) atoms. The number of unbranched alkanes of at least 4 members (excludes halogenated alkanes) is 14. The van der Waals surface area contributed by atoms with Gasteiger partial charge in [0.2, 0.25) is 0 Å². The Hall–Kier alpha value is -0.860. The van der Waals surface area contributed by atoms with E-state index in [1.165, 1.54) is 89.9 Å². The summed E-state index contributed by atoms with van der Waals surface area (Å²) in [7, 11) is 0. The summed E-state index contributed by atoms with van der Waals surface area (Å²) in [6.45, 7) is 5.91. The van der Waals surface area contributed by atoms with Crippen molar-refractivity contribution in [2.45, 2.75) is 129 Å². The maximum absolute atomic E-state index is 11.5. The summed E-state index contributed by atoms with van der Waals surface area (Å²) in [5.74, 6) is 0.438. The molecule has 1 rings (SSSR count). The van der Waals surface area contributed by atoms with Crippen LogP contribution in [0.3, 0.4) is 0 Å². The van der Waals surface area contributed by atoms with Gasteiger partial charge in [-0.2, -0.15) is 0 Å². The second-order valence-corrected chi connectivity index (χ2v) is 8.15. The van der Waals surface area contributed by atoms with Gasteiger partial charge in [-0.25, -0.2) is 9.79 Å². The minimum absolute atomic E-state index is 0.205. The third-order valence-corrected chi connectivity index (χ3v) is 5.11. The second kappa shape index (κ2) is 13.4. The van der Waals surface area contributed by atoms with Crippen LogP contribution in [0, 0.1) is 0 Å². The quantitative estimate of drug-likeness (QED) is 0.222. The number of aliphatic imine (C=N–C) groups is 1. The van der Waals surface area contributed by atoms with Gasteiger partial charge in [-0.05, 0) is 20.3 Å². The summed E-state index contributed by atoms with van der Waals surface area (Å²) < 4.78 is 5.21. The van der Waals surface area contributed by atoms with Gasteiger partial charge < -0.3 is 4.74 Å². The fourth-order valence-corrected chi connectivity index (χ4v) is 3.37. The van der Waals surface area contributed by atoms with Crippen molar-refractivity contribution < 1.29 is 9.53 Å². The van der Waals surface area contributed by atoms with E-state index in [9.17, 15) is 4.79 Å². The Morgan fingerprint density at radius 1 is 0.720 bits per heavy atom. The van der Waals surface area contributed by atoms with Crippen LogP contribution in [0.25, 0.3) is 0 Å². The van der Waals surface area contributed by atoms with Crippen LogP contribution in [-0.2, 0) is 9.53 Å². The molecule has 0 fully saturated rings. The van der Waals surface area contributed by atoms with E-state index in [1.54, 1.807) is 0 Å². The molecule has 1 aliphatic rings. The van der Waals surface area contributed by atoms with Gasteiger partial charge in [0.1, 0.15) is 0 Å². The van der Waals surface area contributed by atoms with Crippen LogP contribution in [0.1, 0.15) is 124 Å². The van der Waals surface area contributed by atoms with Crippen LogP contribution in [-0.4, -0.2) is 17.4 Å². The Morgan fingerprint density at radius 3 is 1.48 bits per heavy atom. The van der Waals surface area contributed by atoms with Crippen LogP contribution in [0.2, 0.25) is 0 Å². The molecule has 0 saturated heterocycles. The van der Waals surface area contributed by atoms with Gasteiger partial charge in [0.25, 0.3) is 0 Å². The van der Waals surface area contributed by atoms with Gasteiger partial charge in [0.05, 0.1) is 0 Å². The predicted octanol–water partition coefficient (Wildman–Crippen LogP) is 6.98. The first-order valence-electron chi connectivity index (χ1n) is 10.9. The molecule has 146 valence electrons. The number of carbonyl (C=O) groups excluding carboxylic acids is 1. The number of hydrogen-bond donors (Lipinski definition) is 0. The van der Waals surface area contributed by atoms with Gasteiger partial charge >= 0.3 is 5.97 Å². The summed E-state index contributed by atoms with van der Waals surface area (Å²) in [5, 5.41) is 0. The van der Waals surface area contributed by atoms with Gasteiger partial charge in [-0.1, -0.05) is 96.8 Å². The fourth-order valence-electron chi connectivity index (χ4n) is 3.37. The minimum atomic E-state index is -0.662. The zero-order valence-electron chi connectivity index (χ0n) is 17.1. The first-order chi connectivity index (χ1) is 12.1. The third kappa shape index (κ3) is 10.7. The summed E-state index contributed by atoms with van der Waals surface area (Å²) in [6, 6.07) is 0. The van der Waals surface area contributed by atoms with E-state index >= 15 is 0 Å². The van der Waals surface area contributed by atoms with Crippen LogP contribution in [0.15, 0.2) is 4.99 Å². The molecule has 0 amide bonds. The molecule has 0 unspecified atom stereocenters. The molecule has 0 spiro atoms. The highest BCUT2D eigenvalue weighted by atomic mass is 16.6. The number of nitrogens with zero attached hydrogens (tertiary/aromatic N) is 1. The number of cyclic esters (lactones) is 1. The van der Waals surface area contributed by atoms with E-state index in [4.69, 9.17) is 4.74 Å². The molecule has 3 heteroatoms. The summed E-state index contributed by atoms with van der Waals surface area (Å²) in [4.78, 5) is 15.9. The molecule has 3 nitrogen and oxygen atoms in total. The monoisotopic (exact) mass is 351 g/mol. The highest BCUT2D eigenvalue weighted by molar-refractivity contribution is 5.99. The number of carbonyl (C=O) groups is 1. The van der Waals surface area contributed by atoms with Gasteiger partial charge in [0, 0.05) is 6.42 Å². The van der Waals surface area contributed by atoms with Crippen molar-refractivity contribution in [2.24, 2.45) is 4.99 Å². The first kappa shape index (κ1) is 22.2. The standard InChI is InChI=1S/C22H41NO2/c1-4-5-6-7-8-9-10-11-12-13-14-15-16-17-18-19-20-23-22(2,3)21(24)25-20/h4-19H2,1-3H3. The minimum Gasteiger partial charge on any atom is -0.410 e. The van der Waals surface area contributed by atoms with Gasteiger partial charge in [-0.3, -0.25) is 0 Å². The van der Waals surface area contributed by atoms with E-state index < -0.39 is 5.54 Å². The lowest BCUT2D eigenvalue weighted by molar-refractivity contribution is -0.138. The van der Waals surface area contributed by atoms with Crippen LogP contribution >= 0.6 is 0 Å². The Bertz CT molecular complexity index is 387. The Morgan fingerprint density at radius 2 is 1.12 bits per heavy atom. The summed E-state index contributed by atoms with van der Waals surface area (Å²) in [5.41, 5.74) is -0.662. The zero-order chi connectivity index (χ0) is 18.4. The van der Waals surface area contributed by atoms with E-state index in [-0.39, 0.29) is 5.97 Å².